The molecule has 2 rings (SSSR count). The summed E-state index contributed by atoms with van der Waals surface area (Å²) in [6.45, 7) is 0. The van der Waals surface area contributed by atoms with Crippen molar-refractivity contribution in [2.75, 3.05) is 0 Å². The van der Waals surface area contributed by atoms with Crippen LogP contribution < -0.4 is 0 Å². The molecule has 15 heavy (non-hydrogen) atoms. The highest BCUT2D eigenvalue weighted by molar-refractivity contribution is 6.44. The molecule has 0 aliphatic carbocycles. The third-order valence-electron chi connectivity index (χ3n) is 2.34. The van der Waals surface area contributed by atoms with Crippen molar-refractivity contribution in [3.8, 4) is 0 Å². The standard InChI is InChI=1S/C13H11Cl2/c14-13(15)9-8-11-6-3-5-10-4-1-2-7-12(10)11/h1-8,13H,9H2. The SMILES string of the molecule is ClC(Cl)C[CH]c1cccc2ccccc12. The largest absolute Gasteiger partial charge is 0.108 e. The second-order valence-corrected chi connectivity index (χ2v) is 4.68. The van der Waals surface area contributed by atoms with Crippen molar-refractivity contribution in [3.05, 3.63) is 54.4 Å². The number of benzene rings is 2. The van der Waals surface area contributed by atoms with E-state index in [2.05, 4.69) is 30.7 Å². The second-order valence-electron chi connectivity index (χ2n) is 3.40. The highest BCUT2D eigenvalue weighted by Gasteiger charge is 2.03. The molecule has 0 bridgehead atoms. The van der Waals surface area contributed by atoms with E-state index in [9.17, 15) is 0 Å². The lowest BCUT2D eigenvalue weighted by atomic mass is 10.0. The molecule has 77 valence electrons. The summed E-state index contributed by atoms with van der Waals surface area (Å²) in [5.74, 6) is 0. The van der Waals surface area contributed by atoms with Crippen LogP contribution in [0.25, 0.3) is 10.8 Å². The molecule has 0 atom stereocenters. The van der Waals surface area contributed by atoms with Crippen LogP contribution in [-0.2, 0) is 0 Å². The predicted octanol–water partition coefficient (Wildman–Crippen LogP) is 4.59. The van der Waals surface area contributed by atoms with Crippen LogP contribution in [0.1, 0.15) is 12.0 Å². The molecule has 2 aromatic carbocycles. The van der Waals surface area contributed by atoms with Crippen LogP contribution in [-0.4, -0.2) is 4.84 Å². The van der Waals surface area contributed by atoms with E-state index >= 15 is 0 Å². The van der Waals surface area contributed by atoms with Crippen LogP contribution in [0.15, 0.2) is 42.5 Å². The van der Waals surface area contributed by atoms with Crippen LogP contribution in [0.2, 0.25) is 0 Å². The molecule has 0 saturated heterocycles. The van der Waals surface area contributed by atoms with Gasteiger partial charge in [-0.2, -0.15) is 0 Å². The highest BCUT2D eigenvalue weighted by Crippen LogP contribution is 2.22. The van der Waals surface area contributed by atoms with Crippen LogP contribution >= 0.6 is 23.2 Å². The van der Waals surface area contributed by atoms with Gasteiger partial charge in [-0.05, 0) is 29.2 Å². The quantitative estimate of drug-likeness (QED) is 0.686. The number of halogens is 2. The van der Waals surface area contributed by atoms with Gasteiger partial charge in [0.2, 0.25) is 0 Å². The molecule has 0 fully saturated rings. The molecule has 1 radical (unpaired) electrons. The third-order valence-corrected chi connectivity index (χ3v) is 2.70. The topological polar surface area (TPSA) is 0 Å². The first-order valence-corrected chi connectivity index (χ1v) is 5.74. The molecule has 0 saturated carbocycles. The van der Waals surface area contributed by atoms with Crippen LogP contribution in [0, 0.1) is 6.42 Å². The third kappa shape index (κ3) is 2.64. The van der Waals surface area contributed by atoms with Gasteiger partial charge < -0.3 is 0 Å². The van der Waals surface area contributed by atoms with Crippen molar-refractivity contribution < 1.29 is 0 Å². The van der Waals surface area contributed by atoms with Gasteiger partial charge in [0.15, 0.2) is 0 Å². The normalized spacial score (nSPS) is 11.1. The number of hydrogen-bond acceptors (Lipinski definition) is 0. The van der Waals surface area contributed by atoms with Gasteiger partial charge in [0.05, 0.1) is 0 Å². The zero-order valence-electron chi connectivity index (χ0n) is 8.16. The number of hydrogen-bond donors (Lipinski definition) is 0. The van der Waals surface area contributed by atoms with E-state index in [1.165, 1.54) is 16.3 Å². The van der Waals surface area contributed by atoms with Gasteiger partial charge in [0.25, 0.3) is 0 Å². The molecular formula is C13H11Cl2. The van der Waals surface area contributed by atoms with Gasteiger partial charge in [-0.15, -0.1) is 23.2 Å². The van der Waals surface area contributed by atoms with Crippen molar-refractivity contribution in [3.63, 3.8) is 0 Å². The van der Waals surface area contributed by atoms with Gasteiger partial charge in [-0.3, -0.25) is 0 Å². The Labute approximate surface area is 99.8 Å². The molecule has 0 N–H and O–H groups in total. The number of alkyl halides is 2. The van der Waals surface area contributed by atoms with Gasteiger partial charge in [-0.25, -0.2) is 0 Å². The summed E-state index contributed by atoms with van der Waals surface area (Å²) in [4.78, 5) is -0.330. The summed E-state index contributed by atoms with van der Waals surface area (Å²) in [7, 11) is 0. The second kappa shape index (κ2) is 4.87. The Bertz CT molecular complexity index is 444. The van der Waals surface area contributed by atoms with E-state index in [-0.39, 0.29) is 4.84 Å². The Kier molecular flexibility index (Phi) is 3.50. The molecule has 2 heteroatoms. The van der Waals surface area contributed by atoms with E-state index in [1.54, 1.807) is 0 Å². The fourth-order valence-electron chi connectivity index (χ4n) is 1.64. The summed E-state index contributed by atoms with van der Waals surface area (Å²) < 4.78 is 0. The Morgan fingerprint density at radius 3 is 2.53 bits per heavy atom. The Morgan fingerprint density at radius 1 is 1.00 bits per heavy atom. The number of fused-ring (bicyclic) bond motifs is 1. The molecule has 2 aromatic rings. The van der Waals surface area contributed by atoms with Crippen molar-refractivity contribution in [1.82, 2.24) is 0 Å². The minimum absolute atomic E-state index is 0.330. The Balaban J connectivity index is 2.34. The van der Waals surface area contributed by atoms with Crippen molar-refractivity contribution >= 4 is 34.0 Å². The molecule has 0 aliphatic rings. The maximum atomic E-state index is 5.71. The predicted molar refractivity (Wildman–Crippen MR) is 67.5 cm³/mol. The first-order valence-electron chi connectivity index (χ1n) is 4.86. The van der Waals surface area contributed by atoms with Crippen LogP contribution in [0.4, 0.5) is 0 Å². The minimum Gasteiger partial charge on any atom is -0.105 e. The zero-order chi connectivity index (χ0) is 10.7. The highest BCUT2D eigenvalue weighted by atomic mass is 35.5. The maximum absolute atomic E-state index is 5.71. The van der Waals surface area contributed by atoms with Crippen molar-refractivity contribution in [2.24, 2.45) is 0 Å². The molecule has 0 nitrogen and oxygen atoms in total. The lowest BCUT2D eigenvalue weighted by molar-refractivity contribution is 1.08. The van der Waals surface area contributed by atoms with Crippen LogP contribution in [0.5, 0.6) is 0 Å². The van der Waals surface area contributed by atoms with Crippen molar-refractivity contribution in [1.29, 1.82) is 0 Å². The smallest absolute Gasteiger partial charge is 0.105 e. The van der Waals surface area contributed by atoms with E-state index in [1.807, 2.05) is 18.2 Å². The van der Waals surface area contributed by atoms with E-state index in [0.717, 1.165) is 0 Å². The molecule has 0 aliphatic heterocycles. The zero-order valence-corrected chi connectivity index (χ0v) is 9.67. The first kappa shape index (κ1) is 10.8. The van der Waals surface area contributed by atoms with E-state index in [0.29, 0.717) is 6.42 Å². The summed E-state index contributed by atoms with van der Waals surface area (Å²) in [6, 6.07) is 14.5. The Morgan fingerprint density at radius 2 is 1.73 bits per heavy atom. The molecule has 0 unspecified atom stereocenters. The van der Waals surface area contributed by atoms with Crippen LogP contribution in [0.3, 0.4) is 0 Å². The summed E-state index contributed by atoms with van der Waals surface area (Å²) >= 11 is 11.4. The average molecular weight is 238 g/mol. The minimum atomic E-state index is -0.330. The lowest BCUT2D eigenvalue weighted by Gasteiger charge is -2.06. The molecule has 0 aromatic heterocycles. The summed E-state index contributed by atoms with van der Waals surface area (Å²) in [6.07, 6.45) is 2.75. The van der Waals surface area contributed by atoms with Gasteiger partial charge in [-0.1, -0.05) is 42.5 Å². The molecule has 0 spiro atoms. The number of rotatable bonds is 3. The molecule has 0 heterocycles. The summed E-state index contributed by atoms with van der Waals surface area (Å²) in [5.41, 5.74) is 1.19. The monoisotopic (exact) mass is 237 g/mol. The average Bonchev–Trinajstić information content (AvgIpc) is 2.26. The molecule has 0 amide bonds. The van der Waals surface area contributed by atoms with Gasteiger partial charge >= 0.3 is 0 Å². The van der Waals surface area contributed by atoms with E-state index in [4.69, 9.17) is 23.2 Å². The van der Waals surface area contributed by atoms with Crippen molar-refractivity contribution in [2.45, 2.75) is 11.3 Å². The lowest BCUT2D eigenvalue weighted by Crippen LogP contribution is -1.90. The van der Waals surface area contributed by atoms with Gasteiger partial charge in [0.1, 0.15) is 4.84 Å². The maximum Gasteiger partial charge on any atom is 0.108 e. The van der Waals surface area contributed by atoms with E-state index < -0.39 is 0 Å². The summed E-state index contributed by atoms with van der Waals surface area (Å²) in [5, 5.41) is 2.49. The molecular weight excluding hydrogens is 227 g/mol. The van der Waals surface area contributed by atoms with Gasteiger partial charge in [0, 0.05) is 0 Å². The fourth-order valence-corrected chi connectivity index (χ4v) is 1.82. The first-order chi connectivity index (χ1) is 7.27. The fraction of sp³-hybridized carbons (Fsp3) is 0.154. The Hall–Kier alpha value is -0.720.